The first kappa shape index (κ1) is 31.5. The van der Waals surface area contributed by atoms with E-state index in [0.29, 0.717) is 19.1 Å². The second kappa shape index (κ2) is 12.6. The van der Waals surface area contributed by atoms with Crippen molar-refractivity contribution in [3.63, 3.8) is 0 Å². The van der Waals surface area contributed by atoms with Gasteiger partial charge in [0.25, 0.3) is 5.91 Å². The Bertz CT molecular complexity index is 1250. The number of carbonyl (C=O) groups is 1. The van der Waals surface area contributed by atoms with Gasteiger partial charge in [0.15, 0.2) is 0 Å². The van der Waals surface area contributed by atoms with Gasteiger partial charge in [-0.05, 0) is 88.0 Å². The van der Waals surface area contributed by atoms with E-state index in [0.717, 1.165) is 42.3 Å². The van der Waals surface area contributed by atoms with Gasteiger partial charge in [0, 0.05) is 59.4 Å². The van der Waals surface area contributed by atoms with Crippen molar-refractivity contribution in [3.8, 4) is 17.0 Å². The normalized spacial score (nSPS) is 18.5. The first-order valence-corrected chi connectivity index (χ1v) is 17.1. The maximum Gasteiger partial charge on any atom is 0.253 e. The molecule has 0 bridgehead atoms. The molecule has 42 heavy (non-hydrogen) atoms. The smallest absolute Gasteiger partial charge is 0.253 e. The number of nitrogens with one attached hydrogen (secondary N) is 2. The maximum absolute atomic E-state index is 13.8. The molecule has 2 aromatic rings. The van der Waals surface area contributed by atoms with Gasteiger partial charge in [0.1, 0.15) is 5.75 Å². The van der Waals surface area contributed by atoms with Gasteiger partial charge in [-0.15, -0.1) is 0 Å². The predicted octanol–water partition coefficient (Wildman–Crippen LogP) is 7.55. The Morgan fingerprint density at radius 3 is 2.50 bits per heavy atom. The van der Waals surface area contributed by atoms with Crippen LogP contribution in [0.5, 0.6) is 5.75 Å². The van der Waals surface area contributed by atoms with Gasteiger partial charge in [0.2, 0.25) is 0 Å². The topological polar surface area (TPSA) is 64.5 Å². The zero-order valence-corrected chi connectivity index (χ0v) is 27.9. The van der Waals surface area contributed by atoms with E-state index in [1.165, 1.54) is 67.3 Å². The second-order valence-corrected chi connectivity index (χ2v) is 15.6. The average Bonchev–Trinajstić information content (AvgIpc) is 3.65. The van der Waals surface area contributed by atoms with Crippen molar-refractivity contribution in [1.82, 2.24) is 14.6 Å². The van der Waals surface area contributed by atoms with Gasteiger partial charge in [-0.1, -0.05) is 52.0 Å². The number of rotatable bonds is 11. The van der Waals surface area contributed by atoms with E-state index < -0.39 is 0 Å². The molecule has 1 aliphatic heterocycles. The van der Waals surface area contributed by atoms with Crippen LogP contribution < -0.4 is 14.8 Å². The van der Waals surface area contributed by atoms with Crippen molar-refractivity contribution in [3.05, 3.63) is 40.6 Å². The summed E-state index contributed by atoms with van der Waals surface area (Å²) < 4.78 is 17.5. The molecule has 0 atom stereocenters. The van der Waals surface area contributed by atoms with Gasteiger partial charge in [-0.3, -0.25) is 9.52 Å². The van der Waals surface area contributed by atoms with Gasteiger partial charge in [0.05, 0.1) is 18.8 Å². The summed E-state index contributed by atoms with van der Waals surface area (Å²) in [6, 6.07) is 6.94. The molecule has 6 nitrogen and oxygen atoms in total. The largest absolute Gasteiger partial charge is 0.493 e. The Labute approximate surface area is 258 Å². The number of hydrogen-bond acceptors (Lipinski definition) is 5. The highest BCUT2D eigenvalue weighted by atomic mass is 32.2. The van der Waals surface area contributed by atoms with Crippen molar-refractivity contribution < 1.29 is 14.3 Å². The molecule has 2 heterocycles. The van der Waals surface area contributed by atoms with Crippen LogP contribution in [-0.2, 0) is 22.1 Å². The van der Waals surface area contributed by atoms with Crippen LogP contribution >= 0.6 is 11.9 Å². The molecule has 2 aliphatic carbocycles. The molecular weight excluding hydrogens is 542 g/mol. The third-order valence-corrected chi connectivity index (χ3v) is 10.7. The van der Waals surface area contributed by atoms with Gasteiger partial charge in [-0.2, -0.15) is 0 Å². The number of hydrogen-bond donors (Lipinski definition) is 2. The van der Waals surface area contributed by atoms with Crippen LogP contribution in [0.2, 0.25) is 0 Å². The van der Waals surface area contributed by atoms with Crippen molar-refractivity contribution in [2.45, 2.75) is 116 Å². The molecular formula is C35H53N3O3S. The minimum absolute atomic E-state index is 0.00362. The van der Waals surface area contributed by atoms with E-state index in [2.05, 4.69) is 74.3 Å². The molecule has 1 aromatic carbocycles. The predicted molar refractivity (Wildman–Crippen MR) is 175 cm³/mol. The lowest BCUT2D eigenvalue weighted by molar-refractivity contribution is 0.0944. The molecule has 0 saturated heterocycles. The Hall–Kier alpha value is -1.96. The summed E-state index contributed by atoms with van der Waals surface area (Å²) in [5.41, 5.74) is 6.93. The molecule has 7 heteroatoms. The molecule has 2 fully saturated rings. The Kier molecular flexibility index (Phi) is 9.42. The van der Waals surface area contributed by atoms with Crippen molar-refractivity contribution in [2.75, 3.05) is 32.6 Å². The van der Waals surface area contributed by atoms with Crippen molar-refractivity contribution in [1.29, 1.82) is 0 Å². The van der Waals surface area contributed by atoms with Gasteiger partial charge in [-0.25, -0.2) is 0 Å². The number of benzene rings is 1. The number of carbonyl (C=O) groups excluding carboxylic acids is 1. The monoisotopic (exact) mass is 595 g/mol. The van der Waals surface area contributed by atoms with Crippen LogP contribution in [0.1, 0.15) is 113 Å². The summed E-state index contributed by atoms with van der Waals surface area (Å²) >= 11 is 1.64. The minimum atomic E-state index is -0.242. The van der Waals surface area contributed by atoms with Crippen LogP contribution in [0.15, 0.2) is 18.2 Å². The lowest BCUT2D eigenvalue weighted by atomic mass is 9.79. The highest BCUT2D eigenvalue weighted by Crippen LogP contribution is 2.58. The molecule has 5 rings (SSSR count). The zero-order chi connectivity index (χ0) is 30.1. The van der Waals surface area contributed by atoms with Crippen LogP contribution in [0.25, 0.3) is 11.3 Å². The summed E-state index contributed by atoms with van der Waals surface area (Å²) in [5.74, 6) is 2.64. The molecule has 2 N–H and O–H groups in total. The van der Waals surface area contributed by atoms with Crippen molar-refractivity contribution >= 4 is 17.9 Å². The lowest BCUT2D eigenvalue weighted by Crippen LogP contribution is -2.46. The Morgan fingerprint density at radius 2 is 1.83 bits per heavy atom. The van der Waals surface area contributed by atoms with Crippen molar-refractivity contribution in [2.24, 2.45) is 5.92 Å². The lowest BCUT2D eigenvalue weighted by Gasteiger charge is -2.33. The minimum Gasteiger partial charge on any atom is -0.493 e. The first-order valence-electron chi connectivity index (χ1n) is 16.1. The number of fused-ring (bicyclic) bond motifs is 2. The fourth-order valence-electron chi connectivity index (χ4n) is 6.82. The molecule has 1 spiro atoms. The van der Waals surface area contributed by atoms with E-state index in [9.17, 15) is 4.79 Å². The highest BCUT2D eigenvalue weighted by Gasteiger charge is 2.49. The van der Waals surface area contributed by atoms with E-state index >= 15 is 0 Å². The number of ether oxygens (including phenoxy) is 2. The van der Waals surface area contributed by atoms with Crippen LogP contribution in [0.4, 0.5) is 0 Å². The van der Waals surface area contributed by atoms with Crippen LogP contribution in [-0.4, -0.2) is 48.6 Å². The van der Waals surface area contributed by atoms with E-state index in [1.54, 1.807) is 19.1 Å². The fourth-order valence-corrected chi connectivity index (χ4v) is 7.63. The quantitative estimate of drug-likeness (QED) is 0.207. The zero-order valence-electron chi connectivity index (χ0n) is 27.1. The number of methoxy groups -OCH3 is 1. The second-order valence-electron chi connectivity index (χ2n) is 14.7. The molecule has 3 aliphatic rings. The van der Waals surface area contributed by atoms with Gasteiger partial charge >= 0.3 is 0 Å². The summed E-state index contributed by atoms with van der Waals surface area (Å²) in [6.45, 7) is 16.3. The Balaban J connectivity index is 1.49. The summed E-state index contributed by atoms with van der Waals surface area (Å²) in [7, 11) is 1.72. The number of nitrogens with zero attached hydrogens (tertiary/aromatic N) is 1. The third kappa shape index (κ3) is 6.89. The molecule has 2 saturated carbocycles. The Morgan fingerprint density at radius 1 is 1.10 bits per heavy atom. The third-order valence-electron chi connectivity index (χ3n) is 9.65. The number of amides is 1. The highest BCUT2D eigenvalue weighted by molar-refractivity contribution is 7.97. The summed E-state index contributed by atoms with van der Waals surface area (Å²) in [5, 5.41) is 3.25. The molecule has 1 aromatic heterocycles. The molecule has 1 amide bonds. The first-order chi connectivity index (χ1) is 19.9. The average molecular weight is 596 g/mol. The standard InChI is InChI=1S/C35H53N3O3S/c1-24-27(32(39)36-23-34(5,6)37-42-18-17-40-7)21-30(38(24)22-25-11-9-8-10-12-25)26-19-28(33(2,3)4)31-29(20-26)35(13-14-35)15-16-41-31/h19-21,25,37H,8-18,22-23H2,1-7H3,(H,36,39). The van der Waals surface area contributed by atoms with Gasteiger partial charge < -0.3 is 19.4 Å². The molecule has 232 valence electrons. The van der Waals surface area contributed by atoms with Crippen LogP contribution in [0.3, 0.4) is 0 Å². The van der Waals surface area contributed by atoms with E-state index in [-0.39, 0.29) is 22.3 Å². The SMILES string of the molecule is COCCSNC(C)(C)CNC(=O)c1cc(-c2cc(C(C)(C)C)c3c(c2)C2(CCO3)CC2)n(CC2CCCCC2)c1C. The van der Waals surface area contributed by atoms with E-state index in [4.69, 9.17) is 9.47 Å². The maximum atomic E-state index is 13.8. The van der Waals surface area contributed by atoms with Crippen LogP contribution in [0, 0.1) is 12.8 Å². The number of aromatic nitrogens is 1. The summed E-state index contributed by atoms with van der Waals surface area (Å²) in [6.07, 6.45) is 10.1. The molecule has 0 radical (unpaired) electrons. The fraction of sp³-hybridized carbons (Fsp3) is 0.686. The molecule has 0 unspecified atom stereocenters. The van der Waals surface area contributed by atoms with E-state index in [1.807, 2.05) is 0 Å². The summed E-state index contributed by atoms with van der Waals surface area (Å²) in [4.78, 5) is 13.8.